The number of hydrogen-bond acceptors (Lipinski definition) is 3. The molecule has 2 aliphatic carbocycles. The predicted molar refractivity (Wildman–Crippen MR) is 141 cm³/mol. The molecule has 2 aromatic rings. The van der Waals surface area contributed by atoms with E-state index < -0.39 is 28.7 Å². The standard InChI is InChI=1S/C28H30Cl2O4S/c1-27(25(31)32)17-28(26(33)34,19-10-6-3-7-11-19)16-24(23(27)12-18-8-4-2-5-9-18)35-22-14-20(29)13-21(30)15-22/h2,4-5,8-9,13-16,19,23H,3,6-7,10-12,17H2,1H3,(H,31,32)(H,33,34). The van der Waals surface area contributed by atoms with Crippen molar-refractivity contribution >= 4 is 46.9 Å². The first-order chi connectivity index (χ1) is 16.6. The van der Waals surface area contributed by atoms with Crippen molar-refractivity contribution < 1.29 is 19.8 Å². The van der Waals surface area contributed by atoms with Crippen LogP contribution in [0.5, 0.6) is 0 Å². The van der Waals surface area contributed by atoms with Crippen molar-refractivity contribution in [3.8, 4) is 0 Å². The highest BCUT2D eigenvalue weighted by Gasteiger charge is 2.58. The van der Waals surface area contributed by atoms with Crippen molar-refractivity contribution in [2.75, 3.05) is 0 Å². The SMILES string of the molecule is CC1(C(=O)O)CC(C(=O)O)(C2CCCCC2)C=C(Sc2cc(Cl)cc(Cl)c2)C1Cc1ccccc1. The molecule has 2 aliphatic rings. The third kappa shape index (κ3) is 5.42. The number of aliphatic carboxylic acids is 2. The third-order valence-corrected chi connectivity index (χ3v) is 9.29. The summed E-state index contributed by atoms with van der Waals surface area (Å²) >= 11 is 13.9. The van der Waals surface area contributed by atoms with Gasteiger partial charge in [0.15, 0.2) is 0 Å². The second kappa shape index (κ2) is 10.6. The Balaban J connectivity index is 1.88. The zero-order valence-electron chi connectivity index (χ0n) is 19.7. The molecule has 0 saturated heterocycles. The molecule has 35 heavy (non-hydrogen) atoms. The number of rotatable bonds is 7. The lowest BCUT2D eigenvalue weighted by molar-refractivity contribution is -0.162. The van der Waals surface area contributed by atoms with E-state index in [-0.39, 0.29) is 12.3 Å². The van der Waals surface area contributed by atoms with Crippen molar-refractivity contribution in [1.29, 1.82) is 0 Å². The number of thioether (sulfide) groups is 1. The Bertz CT molecular complexity index is 1110. The van der Waals surface area contributed by atoms with Crippen molar-refractivity contribution in [3.05, 3.63) is 75.1 Å². The van der Waals surface area contributed by atoms with Crippen molar-refractivity contribution in [2.24, 2.45) is 22.7 Å². The van der Waals surface area contributed by atoms with Gasteiger partial charge in [-0.05, 0) is 67.2 Å². The van der Waals surface area contributed by atoms with Gasteiger partial charge < -0.3 is 10.2 Å². The van der Waals surface area contributed by atoms with E-state index in [4.69, 9.17) is 23.2 Å². The number of carbonyl (C=O) groups is 2. The molecule has 2 aromatic carbocycles. The molecule has 2 N–H and O–H groups in total. The Morgan fingerprint density at radius 1 is 0.971 bits per heavy atom. The van der Waals surface area contributed by atoms with E-state index in [0.717, 1.165) is 47.5 Å². The fourth-order valence-corrected chi connectivity index (χ4v) is 7.92. The number of carboxylic acids is 2. The van der Waals surface area contributed by atoms with Crippen LogP contribution in [0.4, 0.5) is 0 Å². The topological polar surface area (TPSA) is 74.6 Å². The number of halogens is 2. The molecule has 0 spiro atoms. The van der Waals surface area contributed by atoms with Crippen LogP contribution in [0.25, 0.3) is 0 Å². The lowest BCUT2D eigenvalue weighted by Crippen LogP contribution is -2.51. The molecule has 0 radical (unpaired) electrons. The summed E-state index contributed by atoms with van der Waals surface area (Å²) in [5, 5.41) is 22.1. The molecule has 0 heterocycles. The predicted octanol–water partition coefficient (Wildman–Crippen LogP) is 7.97. The maximum absolute atomic E-state index is 13.0. The van der Waals surface area contributed by atoms with Gasteiger partial charge >= 0.3 is 11.9 Å². The van der Waals surface area contributed by atoms with E-state index in [1.54, 1.807) is 25.1 Å². The number of hydrogen-bond donors (Lipinski definition) is 2. The minimum atomic E-state index is -1.26. The highest BCUT2D eigenvalue weighted by Crippen LogP contribution is 2.58. The Morgan fingerprint density at radius 3 is 2.17 bits per heavy atom. The monoisotopic (exact) mass is 532 g/mol. The van der Waals surface area contributed by atoms with E-state index in [1.165, 1.54) is 11.8 Å². The highest BCUT2D eigenvalue weighted by molar-refractivity contribution is 8.03. The number of allylic oxidation sites excluding steroid dienone is 1. The van der Waals surface area contributed by atoms with Crippen molar-refractivity contribution in [2.45, 2.75) is 56.8 Å². The van der Waals surface area contributed by atoms with Crippen LogP contribution in [-0.2, 0) is 16.0 Å². The molecule has 0 amide bonds. The average molecular weight is 534 g/mol. The third-order valence-electron chi connectivity index (χ3n) is 7.75. The second-order valence-corrected chi connectivity index (χ2v) is 12.1. The summed E-state index contributed by atoms with van der Waals surface area (Å²) in [4.78, 5) is 27.4. The summed E-state index contributed by atoms with van der Waals surface area (Å²) in [6.45, 7) is 1.72. The molecule has 0 bridgehead atoms. The van der Waals surface area contributed by atoms with Gasteiger partial charge in [0.25, 0.3) is 0 Å². The molecule has 1 saturated carbocycles. The van der Waals surface area contributed by atoms with E-state index in [1.807, 2.05) is 36.4 Å². The van der Waals surface area contributed by atoms with Gasteiger partial charge in [-0.2, -0.15) is 0 Å². The maximum Gasteiger partial charge on any atom is 0.313 e. The fourth-order valence-electron chi connectivity index (χ4n) is 5.87. The van der Waals surface area contributed by atoms with Crippen LogP contribution in [-0.4, -0.2) is 22.2 Å². The van der Waals surface area contributed by atoms with E-state index in [0.29, 0.717) is 16.5 Å². The summed E-state index contributed by atoms with van der Waals surface area (Å²) in [6, 6.07) is 15.0. The van der Waals surface area contributed by atoms with Gasteiger partial charge in [0, 0.05) is 20.9 Å². The van der Waals surface area contributed by atoms with Crippen molar-refractivity contribution in [3.63, 3.8) is 0 Å². The van der Waals surface area contributed by atoms with Crippen LogP contribution in [0.2, 0.25) is 10.0 Å². The maximum atomic E-state index is 13.0. The molecule has 0 aliphatic heterocycles. The Morgan fingerprint density at radius 2 is 1.60 bits per heavy atom. The van der Waals surface area contributed by atoms with Gasteiger partial charge in [-0.3, -0.25) is 9.59 Å². The highest BCUT2D eigenvalue weighted by atomic mass is 35.5. The molecule has 1 fully saturated rings. The van der Waals surface area contributed by atoms with Crippen LogP contribution in [0.1, 0.15) is 51.0 Å². The zero-order valence-corrected chi connectivity index (χ0v) is 22.0. The molecule has 0 aromatic heterocycles. The summed E-state index contributed by atoms with van der Waals surface area (Å²) in [5.74, 6) is -2.39. The molecule has 3 unspecified atom stereocenters. The smallest absolute Gasteiger partial charge is 0.313 e. The normalized spacial score (nSPS) is 27.3. The molecule has 3 atom stereocenters. The molecule has 4 nitrogen and oxygen atoms in total. The fraction of sp³-hybridized carbons (Fsp3) is 0.429. The second-order valence-electron chi connectivity index (χ2n) is 10.1. The zero-order chi connectivity index (χ0) is 25.2. The summed E-state index contributed by atoms with van der Waals surface area (Å²) in [5.41, 5.74) is -1.47. The number of carboxylic acid groups (broad SMARTS) is 2. The van der Waals surface area contributed by atoms with Crippen LogP contribution >= 0.6 is 35.0 Å². The lowest BCUT2D eigenvalue weighted by Gasteiger charge is -2.49. The lowest BCUT2D eigenvalue weighted by atomic mass is 9.54. The Kier molecular flexibility index (Phi) is 7.89. The minimum absolute atomic E-state index is 0.0766. The van der Waals surface area contributed by atoms with Gasteiger partial charge in [0.2, 0.25) is 0 Å². The van der Waals surface area contributed by atoms with E-state index in [2.05, 4.69) is 0 Å². The van der Waals surface area contributed by atoms with Gasteiger partial charge in [-0.25, -0.2) is 0 Å². The first-order valence-corrected chi connectivity index (χ1v) is 13.6. The summed E-state index contributed by atoms with van der Waals surface area (Å²) < 4.78 is 0. The molecular weight excluding hydrogens is 503 g/mol. The number of benzene rings is 2. The Labute approximate surface area is 220 Å². The van der Waals surface area contributed by atoms with Gasteiger partial charge in [-0.15, -0.1) is 0 Å². The van der Waals surface area contributed by atoms with Crippen LogP contribution in [0, 0.1) is 22.7 Å². The first-order valence-electron chi connectivity index (χ1n) is 12.0. The summed E-state index contributed by atoms with van der Waals surface area (Å²) in [7, 11) is 0. The average Bonchev–Trinajstić information content (AvgIpc) is 2.81. The van der Waals surface area contributed by atoms with Gasteiger partial charge in [0.1, 0.15) is 0 Å². The van der Waals surface area contributed by atoms with Crippen LogP contribution in [0.15, 0.2) is 64.4 Å². The Hall–Kier alpha value is -1.95. The minimum Gasteiger partial charge on any atom is -0.481 e. The van der Waals surface area contributed by atoms with Gasteiger partial charge in [-0.1, -0.05) is 90.6 Å². The first kappa shape index (κ1) is 26.1. The molecular formula is C28H30Cl2O4S. The van der Waals surface area contributed by atoms with Crippen LogP contribution in [0.3, 0.4) is 0 Å². The van der Waals surface area contributed by atoms with Crippen LogP contribution < -0.4 is 0 Å². The van der Waals surface area contributed by atoms with E-state index in [9.17, 15) is 19.8 Å². The van der Waals surface area contributed by atoms with Crippen molar-refractivity contribution in [1.82, 2.24) is 0 Å². The quantitative estimate of drug-likeness (QED) is 0.378. The largest absolute Gasteiger partial charge is 0.481 e. The summed E-state index contributed by atoms with van der Waals surface area (Å²) in [6.07, 6.45) is 7.08. The molecule has 7 heteroatoms. The molecule has 186 valence electrons. The van der Waals surface area contributed by atoms with Gasteiger partial charge in [0.05, 0.1) is 10.8 Å². The molecule has 4 rings (SSSR count). The van der Waals surface area contributed by atoms with E-state index >= 15 is 0 Å².